The van der Waals surface area contributed by atoms with E-state index in [1.54, 1.807) is 0 Å². The molecule has 1 heterocycles. The normalized spacial score (nSPS) is 10.5. The molecule has 1 rings (SSSR count). The molecule has 1 amide bonds. The minimum Gasteiger partial charge on any atom is -0.346 e. The van der Waals surface area contributed by atoms with Crippen LogP contribution in [0.2, 0.25) is 0 Å². The molecule has 0 radical (unpaired) electrons. The van der Waals surface area contributed by atoms with Gasteiger partial charge in [-0.2, -0.15) is 0 Å². The Hall–Kier alpha value is -1.47. The second-order valence-corrected chi connectivity index (χ2v) is 3.18. The van der Waals surface area contributed by atoms with Crippen LogP contribution in [0.5, 0.6) is 0 Å². The maximum absolute atomic E-state index is 12.7. The molecule has 0 saturated heterocycles. The fraction of sp³-hybridized carbons (Fsp3) is 0.333. The Morgan fingerprint density at radius 1 is 1.47 bits per heavy atom. The number of halogens is 3. The number of alkyl halides is 2. The lowest BCUT2D eigenvalue weighted by atomic mass is 10.2. The smallest absolute Gasteiger partial charge is 0.277 e. The number of nitrogens with one attached hydrogen (secondary N) is 2. The highest BCUT2D eigenvalue weighted by molar-refractivity contribution is 5.93. The van der Waals surface area contributed by atoms with Crippen LogP contribution < -0.4 is 16.6 Å². The molecule has 8 heteroatoms. The maximum Gasteiger partial charge on any atom is 0.277 e. The number of aromatic nitrogens is 1. The van der Waals surface area contributed by atoms with Crippen LogP contribution >= 0.6 is 12.4 Å². The molecule has 0 spiro atoms. The maximum atomic E-state index is 12.7. The second kappa shape index (κ2) is 6.31. The zero-order valence-electron chi connectivity index (χ0n) is 8.70. The summed E-state index contributed by atoms with van der Waals surface area (Å²) < 4.78 is 25.4. The lowest BCUT2D eigenvalue weighted by Crippen LogP contribution is -2.41. The van der Waals surface area contributed by atoms with E-state index in [2.05, 4.69) is 4.98 Å². The second-order valence-electron chi connectivity index (χ2n) is 3.18. The first kappa shape index (κ1) is 15.5. The van der Waals surface area contributed by atoms with Crippen LogP contribution in [-0.4, -0.2) is 29.9 Å². The molecule has 0 fully saturated rings. The summed E-state index contributed by atoms with van der Waals surface area (Å²) >= 11 is 0. The van der Waals surface area contributed by atoms with E-state index in [0.29, 0.717) is 0 Å². The minimum absolute atomic E-state index is 0. The van der Waals surface area contributed by atoms with Crippen molar-refractivity contribution in [3.8, 4) is 0 Å². The van der Waals surface area contributed by atoms with Crippen molar-refractivity contribution in [2.24, 2.45) is 5.73 Å². The summed E-state index contributed by atoms with van der Waals surface area (Å²) in [6.07, 6.45) is 1.15. The van der Waals surface area contributed by atoms with Gasteiger partial charge in [-0.15, -0.1) is 12.4 Å². The zero-order valence-corrected chi connectivity index (χ0v) is 9.52. The Labute approximate surface area is 102 Å². The van der Waals surface area contributed by atoms with Gasteiger partial charge >= 0.3 is 0 Å². The Kier molecular flexibility index (Phi) is 5.77. The molecule has 0 atom stereocenters. The Morgan fingerprint density at radius 2 is 2.12 bits per heavy atom. The van der Waals surface area contributed by atoms with Crippen molar-refractivity contribution in [1.29, 1.82) is 0 Å². The molecule has 0 bridgehead atoms. The van der Waals surface area contributed by atoms with Gasteiger partial charge in [0.05, 0.1) is 18.7 Å². The van der Waals surface area contributed by atoms with E-state index < -0.39 is 24.9 Å². The molecule has 0 aliphatic rings. The largest absolute Gasteiger partial charge is 0.346 e. The molecule has 96 valence electrons. The van der Waals surface area contributed by atoms with Crippen LogP contribution in [0.1, 0.15) is 10.4 Å². The van der Waals surface area contributed by atoms with Gasteiger partial charge in [0.2, 0.25) is 5.56 Å². The molecule has 1 aromatic heterocycles. The van der Waals surface area contributed by atoms with E-state index >= 15 is 0 Å². The number of H-pyrrole nitrogens is 1. The summed E-state index contributed by atoms with van der Waals surface area (Å²) in [6.45, 7) is -1.67. The zero-order chi connectivity index (χ0) is 12.2. The molecular weight excluding hydrogens is 256 g/mol. The highest BCUT2D eigenvalue weighted by Gasteiger charge is 2.27. The predicted molar refractivity (Wildman–Crippen MR) is 60.6 cm³/mol. The molecule has 0 aliphatic heterocycles. The van der Waals surface area contributed by atoms with E-state index in [1.807, 2.05) is 5.32 Å². The van der Waals surface area contributed by atoms with Crippen LogP contribution in [0.4, 0.5) is 8.78 Å². The molecule has 0 saturated carbocycles. The standard InChI is InChI=1S/C9H11F2N3O2.ClH/c10-9(11,4-12)5-14-8(16)6-1-2-7(15)13-3-6;/h1-3H,4-5,12H2,(H,13,15)(H,14,16);1H. The molecule has 17 heavy (non-hydrogen) atoms. The fourth-order valence-corrected chi connectivity index (χ4v) is 0.936. The van der Waals surface area contributed by atoms with Gasteiger partial charge in [0, 0.05) is 12.3 Å². The van der Waals surface area contributed by atoms with Crippen LogP contribution in [0.3, 0.4) is 0 Å². The van der Waals surface area contributed by atoms with Crippen LogP contribution in [-0.2, 0) is 0 Å². The van der Waals surface area contributed by atoms with Crippen molar-refractivity contribution in [2.75, 3.05) is 13.1 Å². The van der Waals surface area contributed by atoms with Crippen molar-refractivity contribution in [3.63, 3.8) is 0 Å². The van der Waals surface area contributed by atoms with E-state index in [9.17, 15) is 18.4 Å². The Balaban J connectivity index is 0.00000256. The summed E-state index contributed by atoms with van der Waals surface area (Å²) in [5.74, 6) is -3.82. The van der Waals surface area contributed by atoms with Gasteiger partial charge < -0.3 is 16.0 Å². The van der Waals surface area contributed by atoms with E-state index in [1.165, 1.54) is 6.07 Å². The number of pyridine rings is 1. The third-order valence-electron chi connectivity index (χ3n) is 1.85. The number of carbonyl (C=O) groups excluding carboxylic acids is 1. The third kappa shape index (κ3) is 4.92. The molecule has 0 aliphatic carbocycles. The molecule has 0 unspecified atom stereocenters. The number of aromatic amines is 1. The van der Waals surface area contributed by atoms with E-state index in [4.69, 9.17) is 5.73 Å². The number of rotatable bonds is 4. The van der Waals surface area contributed by atoms with E-state index in [0.717, 1.165) is 12.3 Å². The fourth-order valence-electron chi connectivity index (χ4n) is 0.936. The first-order valence-corrected chi connectivity index (χ1v) is 4.49. The molecule has 0 aromatic carbocycles. The number of hydrogen-bond donors (Lipinski definition) is 3. The van der Waals surface area contributed by atoms with E-state index in [-0.39, 0.29) is 23.5 Å². The van der Waals surface area contributed by atoms with Gasteiger partial charge in [-0.1, -0.05) is 0 Å². The summed E-state index contributed by atoms with van der Waals surface area (Å²) in [7, 11) is 0. The number of hydrogen-bond acceptors (Lipinski definition) is 3. The minimum atomic E-state index is -3.13. The number of nitrogens with two attached hydrogens (primary N) is 1. The van der Waals surface area contributed by atoms with Gasteiger partial charge in [-0.05, 0) is 6.07 Å². The van der Waals surface area contributed by atoms with Crippen LogP contribution in [0, 0.1) is 0 Å². The summed E-state index contributed by atoms with van der Waals surface area (Å²) in [4.78, 5) is 24.3. The van der Waals surface area contributed by atoms with Gasteiger partial charge in [-0.25, -0.2) is 8.78 Å². The summed E-state index contributed by atoms with van der Waals surface area (Å²) in [6, 6.07) is 2.38. The number of amides is 1. The molecule has 5 nitrogen and oxygen atoms in total. The lowest BCUT2D eigenvalue weighted by molar-refractivity contribution is 0.0118. The monoisotopic (exact) mass is 267 g/mol. The lowest BCUT2D eigenvalue weighted by Gasteiger charge is -2.14. The highest BCUT2D eigenvalue weighted by atomic mass is 35.5. The van der Waals surface area contributed by atoms with Gasteiger partial charge in [0.15, 0.2) is 0 Å². The molecular formula is C9H12ClF2N3O2. The molecule has 1 aromatic rings. The Bertz CT molecular complexity index is 416. The van der Waals surface area contributed by atoms with Crippen molar-refractivity contribution in [1.82, 2.24) is 10.3 Å². The Morgan fingerprint density at radius 3 is 2.59 bits per heavy atom. The predicted octanol–water partition coefficient (Wildman–Crippen LogP) is 0.120. The van der Waals surface area contributed by atoms with Gasteiger partial charge in [0.25, 0.3) is 11.8 Å². The number of carbonyl (C=O) groups is 1. The van der Waals surface area contributed by atoms with Gasteiger partial charge in [-0.3, -0.25) is 9.59 Å². The van der Waals surface area contributed by atoms with Crippen LogP contribution in [0.25, 0.3) is 0 Å². The van der Waals surface area contributed by atoms with Crippen LogP contribution in [0.15, 0.2) is 23.1 Å². The SMILES string of the molecule is Cl.NCC(F)(F)CNC(=O)c1ccc(=O)[nH]c1. The summed E-state index contributed by atoms with van der Waals surface area (Å²) in [5.41, 5.74) is 4.53. The summed E-state index contributed by atoms with van der Waals surface area (Å²) in [5, 5.41) is 2.02. The van der Waals surface area contributed by atoms with Gasteiger partial charge in [0.1, 0.15) is 0 Å². The quantitative estimate of drug-likeness (QED) is 0.724. The van der Waals surface area contributed by atoms with Crippen molar-refractivity contribution >= 4 is 18.3 Å². The highest BCUT2D eigenvalue weighted by Crippen LogP contribution is 2.08. The van der Waals surface area contributed by atoms with Crippen molar-refractivity contribution in [3.05, 3.63) is 34.2 Å². The first-order chi connectivity index (χ1) is 7.44. The first-order valence-electron chi connectivity index (χ1n) is 4.49. The topological polar surface area (TPSA) is 88.0 Å². The molecule has 4 N–H and O–H groups in total. The average molecular weight is 268 g/mol. The van der Waals surface area contributed by atoms with Crippen molar-refractivity contribution < 1.29 is 13.6 Å². The van der Waals surface area contributed by atoms with Crippen molar-refractivity contribution in [2.45, 2.75) is 5.92 Å². The average Bonchev–Trinajstić information content (AvgIpc) is 2.27. The third-order valence-corrected chi connectivity index (χ3v) is 1.85.